The van der Waals surface area contributed by atoms with E-state index in [4.69, 9.17) is 5.73 Å². The molecular formula is C18H20N4OS. The van der Waals surface area contributed by atoms with Crippen LogP contribution < -0.4 is 16.0 Å². The summed E-state index contributed by atoms with van der Waals surface area (Å²) in [6, 6.07) is 1.90. The van der Waals surface area contributed by atoms with E-state index in [0.29, 0.717) is 17.0 Å². The Morgan fingerprint density at radius 3 is 2.92 bits per heavy atom. The minimum Gasteiger partial charge on any atom is -0.397 e. The Kier molecular flexibility index (Phi) is 4.40. The van der Waals surface area contributed by atoms with Crippen molar-refractivity contribution in [3.05, 3.63) is 52.7 Å². The number of hydrogen-bond acceptors (Lipinski definition) is 5. The highest BCUT2D eigenvalue weighted by Crippen LogP contribution is 2.38. The fourth-order valence-electron chi connectivity index (χ4n) is 2.59. The Morgan fingerprint density at radius 2 is 2.17 bits per heavy atom. The van der Waals surface area contributed by atoms with Crippen molar-refractivity contribution < 1.29 is 4.79 Å². The minimum absolute atomic E-state index is 0.187. The van der Waals surface area contributed by atoms with E-state index in [-0.39, 0.29) is 5.91 Å². The second-order valence-electron chi connectivity index (χ2n) is 5.91. The van der Waals surface area contributed by atoms with Gasteiger partial charge in [-0.15, -0.1) is 11.3 Å². The second kappa shape index (κ2) is 6.49. The number of pyridine rings is 1. The van der Waals surface area contributed by atoms with E-state index in [1.54, 1.807) is 6.20 Å². The van der Waals surface area contributed by atoms with Crippen LogP contribution in [-0.4, -0.2) is 25.0 Å². The summed E-state index contributed by atoms with van der Waals surface area (Å²) in [5, 5.41) is 3.80. The van der Waals surface area contributed by atoms with Crippen LogP contribution in [0.1, 0.15) is 23.0 Å². The maximum absolute atomic E-state index is 12.7. The smallest absolute Gasteiger partial charge is 0.267 e. The molecular weight excluding hydrogens is 320 g/mol. The molecule has 2 heterocycles. The summed E-state index contributed by atoms with van der Waals surface area (Å²) in [5.74, 6) is -0.187. The van der Waals surface area contributed by atoms with Crippen LogP contribution >= 0.6 is 11.3 Å². The van der Waals surface area contributed by atoms with Crippen LogP contribution in [0, 0.1) is 0 Å². The number of anilines is 2. The lowest BCUT2D eigenvalue weighted by Crippen LogP contribution is -2.22. The number of nitrogens with zero attached hydrogens (tertiary/aromatic N) is 2. The topological polar surface area (TPSA) is 71.2 Å². The van der Waals surface area contributed by atoms with E-state index in [9.17, 15) is 4.79 Å². The van der Waals surface area contributed by atoms with Crippen molar-refractivity contribution in [1.82, 2.24) is 10.3 Å². The predicted octanol–water partition coefficient (Wildman–Crippen LogP) is 3.46. The monoisotopic (exact) mass is 340 g/mol. The molecule has 0 aromatic carbocycles. The third-order valence-corrected chi connectivity index (χ3v) is 4.95. The molecule has 0 saturated heterocycles. The number of nitrogen functional groups attached to an aromatic ring is 1. The van der Waals surface area contributed by atoms with Gasteiger partial charge in [0.25, 0.3) is 5.91 Å². The number of amides is 1. The standard InChI is InChI=1S/C18H20N4OS/c1-11-5-4-6-12(8-7-11)21-17(23)16-15(19)14-13(22(2)3)9-10-20-18(14)24-16/h4-5,7-10H,6,19H2,1-3H3,(H,21,23). The summed E-state index contributed by atoms with van der Waals surface area (Å²) in [6.07, 6.45) is 10.4. The molecule has 0 bridgehead atoms. The van der Waals surface area contributed by atoms with Gasteiger partial charge in [0.05, 0.1) is 16.8 Å². The molecule has 0 radical (unpaired) electrons. The third-order valence-electron chi connectivity index (χ3n) is 3.83. The van der Waals surface area contributed by atoms with Crippen LogP contribution in [0.15, 0.2) is 47.8 Å². The first-order valence-electron chi connectivity index (χ1n) is 7.67. The summed E-state index contributed by atoms with van der Waals surface area (Å²) >= 11 is 1.32. The van der Waals surface area contributed by atoms with Gasteiger partial charge in [-0.05, 0) is 19.1 Å². The van der Waals surface area contributed by atoms with Crippen molar-refractivity contribution in [2.75, 3.05) is 24.7 Å². The average molecular weight is 340 g/mol. The number of nitrogens with one attached hydrogen (secondary N) is 1. The lowest BCUT2D eigenvalue weighted by Gasteiger charge is -2.13. The zero-order valence-electron chi connectivity index (χ0n) is 14.0. The van der Waals surface area contributed by atoms with E-state index in [1.165, 1.54) is 11.3 Å². The van der Waals surface area contributed by atoms with E-state index < -0.39 is 0 Å². The van der Waals surface area contributed by atoms with Gasteiger partial charge in [0.2, 0.25) is 0 Å². The molecule has 124 valence electrons. The van der Waals surface area contributed by atoms with Gasteiger partial charge in [-0.2, -0.15) is 0 Å². The molecule has 0 unspecified atom stereocenters. The Bertz CT molecular complexity index is 890. The number of carbonyl (C=O) groups excluding carboxylic acids is 1. The van der Waals surface area contributed by atoms with Gasteiger partial charge >= 0.3 is 0 Å². The maximum Gasteiger partial charge on any atom is 0.267 e. The molecule has 1 amide bonds. The van der Waals surface area contributed by atoms with Crippen LogP contribution in [0.5, 0.6) is 0 Å². The molecule has 24 heavy (non-hydrogen) atoms. The predicted molar refractivity (Wildman–Crippen MR) is 101 cm³/mol. The van der Waals surface area contributed by atoms with Crippen LogP contribution in [0.4, 0.5) is 11.4 Å². The average Bonchev–Trinajstić information content (AvgIpc) is 2.75. The fraction of sp³-hybridized carbons (Fsp3) is 0.222. The van der Waals surface area contributed by atoms with E-state index in [2.05, 4.69) is 10.3 Å². The Balaban J connectivity index is 1.95. The summed E-state index contributed by atoms with van der Waals surface area (Å²) in [5.41, 5.74) is 9.73. The number of aromatic nitrogens is 1. The number of carbonyl (C=O) groups is 1. The highest BCUT2D eigenvalue weighted by Gasteiger charge is 2.20. The first-order valence-corrected chi connectivity index (χ1v) is 8.48. The molecule has 3 rings (SSSR count). The number of nitrogens with two attached hydrogens (primary N) is 1. The molecule has 6 heteroatoms. The number of thiophene rings is 1. The van der Waals surface area contributed by atoms with E-state index in [1.807, 2.05) is 56.3 Å². The first-order chi connectivity index (χ1) is 11.5. The van der Waals surface area contributed by atoms with E-state index >= 15 is 0 Å². The Hall–Kier alpha value is -2.60. The molecule has 2 aromatic heterocycles. The molecule has 1 aliphatic carbocycles. The van der Waals surface area contributed by atoms with Crippen molar-refractivity contribution in [3.63, 3.8) is 0 Å². The number of fused-ring (bicyclic) bond motifs is 1. The summed E-state index contributed by atoms with van der Waals surface area (Å²) in [6.45, 7) is 2.02. The van der Waals surface area contributed by atoms with Crippen molar-refractivity contribution in [3.8, 4) is 0 Å². The lowest BCUT2D eigenvalue weighted by molar-refractivity contribution is 0.0970. The Morgan fingerprint density at radius 1 is 1.38 bits per heavy atom. The molecule has 0 atom stereocenters. The molecule has 0 aliphatic heterocycles. The van der Waals surface area contributed by atoms with E-state index in [0.717, 1.165) is 27.2 Å². The van der Waals surface area contributed by atoms with Crippen molar-refractivity contribution in [1.29, 1.82) is 0 Å². The number of rotatable bonds is 3. The summed E-state index contributed by atoms with van der Waals surface area (Å²) in [7, 11) is 3.89. The van der Waals surface area contributed by atoms with Gasteiger partial charge in [0.1, 0.15) is 9.71 Å². The molecule has 0 spiro atoms. The van der Waals surface area contributed by atoms with Gasteiger partial charge in [-0.25, -0.2) is 4.98 Å². The van der Waals surface area contributed by atoms with Gasteiger partial charge < -0.3 is 16.0 Å². The Labute approximate surface area is 145 Å². The SMILES string of the molecule is CC1=CC=C(NC(=O)c2sc3nccc(N(C)C)c3c2N)CC=C1. The van der Waals surface area contributed by atoms with Crippen molar-refractivity contribution in [2.24, 2.45) is 0 Å². The minimum atomic E-state index is -0.187. The highest BCUT2D eigenvalue weighted by atomic mass is 32.1. The largest absolute Gasteiger partial charge is 0.397 e. The molecule has 5 nitrogen and oxygen atoms in total. The van der Waals surface area contributed by atoms with Crippen molar-refractivity contribution >= 4 is 38.8 Å². The van der Waals surface area contributed by atoms with Gasteiger partial charge in [-0.1, -0.05) is 23.8 Å². The molecule has 0 fully saturated rings. The quantitative estimate of drug-likeness (QED) is 0.897. The zero-order chi connectivity index (χ0) is 17.3. The fourth-order valence-corrected chi connectivity index (χ4v) is 3.57. The summed E-state index contributed by atoms with van der Waals surface area (Å²) < 4.78 is 0. The molecule has 1 aliphatic rings. The number of allylic oxidation sites excluding steroid dienone is 5. The third kappa shape index (κ3) is 3.05. The maximum atomic E-state index is 12.7. The van der Waals surface area contributed by atoms with Gasteiger partial charge in [0.15, 0.2) is 0 Å². The highest BCUT2D eigenvalue weighted by molar-refractivity contribution is 7.21. The van der Waals surface area contributed by atoms with Crippen LogP contribution in [0.25, 0.3) is 10.2 Å². The molecule has 3 N–H and O–H groups in total. The van der Waals surface area contributed by atoms with Crippen LogP contribution in [0.3, 0.4) is 0 Å². The summed E-state index contributed by atoms with van der Waals surface area (Å²) in [4.78, 5) is 20.3. The van der Waals surface area contributed by atoms with Crippen molar-refractivity contribution in [2.45, 2.75) is 13.3 Å². The van der Waals surface area contributed by atoms with Gasteiger partial charge in [0, 0.05) is 32.4 Å². The molecule has 2 aromatic rings. The van der Waals surface area contributed by atoms with Crippen LogP contribution in [-0.2, 0) is 0 Å². The second-order valence-corrected chi connectivity index (χ2v) is 6.91. The lowest BCUT2D eigenvalue weighted by atomic mass is 10.2. The first kappa shape index (κ1) is 16.3. The normalized spacial score (nSPS) is 14.1. The number of hydrogen-bond donors (Lipinski definition) is 2. The van der Waals surface area contributed by atoms with Gasteiger partial charge in [-0.3, -0.25) is 4.79 Å². The van der Waals surface area contributed by atoms with Crippen LogP contribution in [0.2, 0.25) is 0 Å². The molecule has 0 saturated carbocycles. The zero-order valence-corrected chi connectivity index (χ0v) is 14.8.